The van der Waals surface area contributed by atoms with Gasteiger partial charge in [0, 0.05) is 28.4 Å². The second-order valence-corrected chi connectivity index (χ2v) is 6.52. The SMILES string of the molecule is Cc1[nH]c2ccccc2c1C=Nc1oc(-c2ccco2)c(-c2ccco2)c1C#N. The normalized spacial score (nSPS) is 11.4. The first kappa shape index (κ1) is 16.9. The maximum atomic E-state index is 9.83. The predicted octanol–water partition coefficient (Wildman–Crippen LogP) is 6.21. The summed E-state index contributed by atoms with van der Waals surface area (Å²) >= 11 is 0. The second-order valence-electron chi connectivity index (χ2n) is 6.52. The highest BCUT2D eigenvalue weighted by Crippen LogP contribution is 2.42. The summed E-state index contributed by atoms with van der Waals surface area (Å²) in [4.78, 5) is 7.85. The van der Waals surface area contributed by atoms with Crippen LogP contribution < -0.4 is 0 Å². The zero-order valence-electron chi connectivity index (χ0n) is 15.5. The zero-order chi connectivity index (χ0) is 19.8. The van der Waals surface area contributed by atoms with Gasteiger partial charge in [0.15, 0.2) is 11.5 Å². The van der Waals surface area contributed by atoms with Crippen LogP contribution in [0.15, 0.2) is 79.3 Å². The van der Waals surface area contributed by atoms with Crippen LogP contribution in [0.25, 0.3) is 33.7 Å². The molecule has 29 heavy (non-hydrogen) atoms. The molecule has 0 fully saturated rings. The molecule has 4 heterocycles. The third-order valence-electron chi connectivity index (χ3n) is 4.77. The van der Waals surface area contributed by atoms with Crippen LogP contribution in [0, 0.1) is 18.3 Å². The smallest absolute Gasteiger partial charge is 0.238 e. The molecule has 0 unspecified atom stereocenters. The third kappa shape index (κ3) is 2.77. The van der Waals surface area contributed by atoms with Gasteiger partial charge in [-0.2, -0.15) is 5.26 Å². The summed E-state index contributed by atoms with van der Waals surface area (Å²) in [7, 11) is 0. The number of aryl methyl sites for hydroxylation is 1. The molecule has 0 saturated carbocycles. The summed E-state index contributed by atoms with van der Waals surface area (Å²) in [5.41, 5.74) is 3.77. The first-order valence-corrected chi connectivity index (χ1v) is 9.02. The van der Waals surface area contributed by atoms with Gasteiger partial charge in [-0.3, -0.25) is 0 Å². The lowest BCUT2D eigenvalue weighted by atomic mass is 10.1. The van der Waals surface area contributed by atoms with Gasteiger partial charge < -0.3 is 18.2 Å². The Morgan fingerprint density at radius 2 is 1.76 bits per heavy atom. The molecule has 5 rings (SSSR count). The zero-order valence-corrected chi connectivity index (χ0v) is 15.5. The van der Waals surface area contributed by atoms with Crippen molar-refractivity contribution in [2.75, 3.05) is 0 Å². The van der Waals surface area contributed by atoms with Gasteiger partial charge >= 0.3 is 0 Å². The summed E-state index contributed by atoms with van der Waals surface area (Å²) in [6.07, 6.45) is 4.81. The van der Waals surface area contributed by atoms with Crippen LogP contribution in [-0.2, 0) is 0 Å². The molecule has 0 atom stereocenters. The summed E-state index contributed by atoms with van der Waals surface area (Å²) < 4.78 is 17.0. The third-order valence-corrected chi connectivity index (χ3v) is 4.77. The number of fused-ring (bicyclic) bond motifs is 1. The molecular formula is C23H15N3O3. The van der Waals surface area contributed by atoms with Crippen LogP contribution in [0.5, 0.6) is 0 Å². The van der Waals surface area contributed by atoms with Crippen LogP contribution in [0.1, 0.15) is 16.8 Å². The van der Waals surface area contributed by atoms with E-state index in [-0.39, 0.29) is 5.88 Å². The van der Waals surface area contributed by atoms with E-state index in [1.54, 1.807) is 43.0 Å². The molecule has 140 valence electrons. The first-order valence-electron chi connectivity index (χ1n) is 9.02. The minimum atomic E-state index is 0.204. The van der Waals surface area contributed by atoms with Crippen molar-refractivity contribution in [3.63, 3.8) is 0 Å². The molecule has 0 bridgehead atoms. The average Bonchev–Trinajstić information content (AvgIpc) is 3.50. The number of H-pyrrole nitrogens is 1. The van der Waals surface area contributed by atoms with Crippen LogP contribution in [0.2, 0.25) is 0 Å². The molecule has 6 heteroatoms. The highest BCUT2D eigenvalue weighted by molar-refractivity contribution is 6.01. The summed E-state index contributed by atoms with van der Waals surface area (Å²) in [6, 6.07) is 17.2. The molecule has 0 aliphatic carbocycles. The molecule has 0 saturated heterocycles. The minimum absolute atomic E-state index is 0.204. The number of furan rings is 3. The van der Waals surface area contributed by atoms with Gasteiger partial charge in [0.05, 0.1) is 18.1 Å². The number of hydrogen-bond donors (Lipinski definition) is 1. The molecule has 4 aromatic heterocycles. The number of benzene rings is 1. The Kier molecular flexibility index (Phi) is 3.92. The minimum Gasteiger partial charge on any atom is -0.464 e. The number of aromatic nitrogens is 1. The van der Waals surface area contributed by atoms with E-state index in [0.717, 1.165) is 22.2 Å². The molecular weight excluding hydrogens is 366 g/mol. The monoisotopic (exact) mass is 381 g/mol. The Morgan fingerprint density at radius 1 is 1.00 bits per heavy atom. The Bertz CT molecular complexity index is 1360. The molecule has 6 nitrogen and oxygen atoms in total. The number of nitrogens with one attached hydrogen (secondary N) is 1. The number of nitriles is 1. The first-order chi connectivity index (χ1) is 14.3. The van der Waals surface area contributed by atoms with Gasteiger partial charge in [-0.15, -0.1) is 0 Å². The van der Waals surface area contributed by atoms with Crippen molar-refractivity contribution < 1.29 is 13.3 Å². The second kappa shape index (κ2) is 6.73. The van der Waals surface area contributed by atoms with E-state index in [4.69, 9.17) is 13.3 Å². The van der Waals surface area contributed by atoms with Gasteiger partial charge in [0.1, 0.15) is 17.4 Å². The largest absolute Gasteiger partial charge is 0.464 e. The number of aromatic amines is 1. The van der Waals surface area contributed by atoms with Crippen molar-refractivity contribution in [2.24, 2.45) is 4.99 Å². The van der Waals surface area contributed by atoms with E-state index in [1.165, 1.54) is 0 Å². The highest BCUT2D eigenvalue weighted by Gasteiger charge is 2.26. The van der Waals surface area contributed by atoms with Crippen molar-refractivity contribution in [3.05, 3.63) is 77.9 Å². The van der Waals surface area contributed by atoms with E-state index in [1.807, 2.05) is 31.2 Å². The summed E-state index contributed by atoms with van der Waals surface area (Å²) in [5, 5.41) is 10.9. The molecule has 0 aliphatic heterocycles. The Labute approximate surface area is 165 Å². The number of aliphatic imine (C=N–C) groups is 1. The van der Waals surface area contributed by atoms with Crippen LogP contribution in [0.3, 0.4) is 0 Å². The van der Waals surface area contributed by atoms with Crippen molar-refractivity contribution >= 4 is 23.0 Å². The van der Waals surface area contributed by atoms with Crippen LogP contribution in [0.4, 0.5) is 5.88 Å². The number of para-hydroxylation sites is 1. The lowest BCUT2D eigenvalue weighted by Crippen LogP contribution is -1.83. The fraction of sp³-hybridized carbons (Fsp3) is 0.0435. The molecule has 1 N–H and O–H groups in total. The molecule has 1 aromatic carbocycles. The molecule has 0 spiro atoms. The number of hydrogen-bond acceptors (Lipinski definition) is 5. The fourth-order valence-corrected chi connectivity index (χ4v) is 3.44. The van der Waals surface area contributed by atoms with Gasteiger partial charge in [0.25, 0.3) is 0 Å². The van der Waals surface area contributed by atoms with E-state index in [9.17, 15) is 5.26 Å². The number of nitrogens with zero attached hydrogens (tertiary/aromatic N) is 2. The van der Waals surface area contributed by atoms with E-state index in [0.29, 0.717) is 28.4 Å². The van der Waals surface area contributed by atoms with Gasteiger partial charge in [-0.25, -0.2) is 4.99 Å². The standard InChI is InChI=1S/C23H15N3O3/c1-14-17(15-6-2-3-7-18(15)26-14)13-25-23-16(12-24)21(19-8-4-10-27-19)22(29-23)20-9-5-11-28-20/h2-11,13,26H,1H3. The van der Waals surface area contributed by atoms with Gasteiger partial charge in [-0.1, -0.05) is 18.2 Å². The fourth-order valence-electron chi connectivity index (χ4n) is 3.44. The van der Waals surface area contributed by atoms with Crippen LogP contribution in [-0.4, -0.2) is 11.2 Å². The number of rotatable bonds is 4. The molecule has 5 aromatic rings. The van der Waals surface area contributed by atoms with E-state index in [2.05, 4.69) is 16.0 Å². The van der Waals surface area contributed by atoms with Crippen molar-refractivity contribution in [1.29, 1.82) is 5.26 Å². The van der Waals surface area contributed by atoms with Crippen molar-refractivity contribution in [3.8, 4) is 28.9 Å². The van der Waals surface area contributed by atoms with Crippen LogP contribution >= 0.6 is 0 Å². The topological polar surface area (TPSA) is 91.4 Å². The van der Waals surface area contributed by atoms with Crippen molar-refractivity contribution in [2.45, 2.75) is 6.92 Å². The molecule has 0 aliphatic rings. The maximum Gasteiger partial charge on any atom is 0.238 e. The van der Waals surface area contributed by atoms with Gasteiger partial charge in [0.2, 0.25) is 5.88 Å². The van der Waals surface area contributed by atoms with Gasteiger partial charge in [-0.05, 0) is 37.3 Å². The maximum absolute atomic E-state index is 9.83. The molecule has 0 radical (unpaired) electrons. The summed E-state index contributed by atoms with van der Waals surface area (Å²) in [6.45, 7) is 1.98. The predicted molar refractivity (Wildman–Crippen MR) is 109 cm³/mol. The lowest BCUT2D eigenvalue weighted by molar-refractivity contribution is 0.527. The summed E-state index contributed by atoms with van der Waals surface area (Å²) in [5.74, 6) is 1.62. The van der Waals surface area contributed by atoms with Crippen molar-refractivity contribution in [1.82, 2.24) is 4.98 Å². The molecule has 0 amide bonds. The Hall–Kier alpha value is -4.24. The Balaban J connectivity index is 1.68. The van der Waals surface area contributed by atoms with E-state index < -0.39 is 0 Å². The highest BCUT2D eigenvalue weighted by atomic mass is 16.4. The lowest BCUT2D eigenvalue weighted by Gasteiger charge is -1.96. The quantitative estimate of drug-likeness (QED) is 0.375. The Morgan fingerprint density at radius 3 is 2.48 bits per heavy atom. The van der Waals surface area contributed by atoms with E-state index >= 15 is 0 Å². The average molecular weight is 381 g/mol.